The number of ether oxygens (including phenoxy) is 1. The summed E-state index contributed by atoms with van der Waals surface area (Å²) < 4.78 is 21.7. The largest absolute Gasteiger partial charge is 0.470 e. The number of hydrogen-bond acceptors (Lipinski definition) is 7. The average molecular weight is 396 g/mol. The number of nitrogens with one attached hydrogen (secondary N) is 2. The zero-order chi connectivity index (χ0) is 20.2. The molecule has 0 aliphatic carbocycles. The van der Waals surface area contributed by atoms with E-state index in [1.807, 2.05) is 20.8 Å². The van der Waals surface area contributed by atoms with Gasteiger partial charge in [0.2, 0.25) is 5.88 Å². The summed E-state index contributed by atoms with van der Waals surface area (Å²) in [5.41, 5.74) is 6.18. The van der Waals surface area contributed by atoms with E-state index in [0.717, 1.165) is 29.8 Å². The zero-order valence-electron chi connectivity index (χ0n) is 16.4. The smallest absolute Gasteiger partial charge is 0.217 e. The van der Waals surface area contributed by atoms with Crippen molar-refractivity contribution < 1.29 is 14.0 Å². The van der Waals surface area contributed by atoms with Gasteiger partial charge in [-0.15, -0.1) is 0 Å². The molecule has 9 heteroatoms. The SMILES string of the molecule is C[C@@H](Oc1ccn2ncc(C3=NC(C)(C)ON3)c2n1)c1cc(F)cc2c1NCC2. The van der Waals surface area contributed by atoms with Gasteiger partial charge in [0, 0.05) is 30.1 Å². The van der Waals surface area contributed by atoms with Crippen LogP contribution in [0.3, 0.4) is 0 Å². The second-order valence-electron chi connectivity index (χ2n) is 7.67. The van der Waals surface area contributed by atoms with Gasteiger partial charge in [0.1, 0.15) is 11.9 Å². The lowest BCUT2D eigenvalue weighted by Crippen LogP contribution is -2.23. The highest BCUT2D eigenvalue weighted by molar-refractivity contribution is 6.03. The van der Waals surface area contributed by atoms with Crippen molar-refractivity contribution in [3.05, 3.63) is 53.1 Å². The maximum atomic E-state index is 14.0. The minimum absolute atomic E-state index is 0.257. The summed E-state index contributed by atoms with van der Waals surface area (Å²) >= 11 is 0. The van der Waals surface area contributed by atoms with Crippen LogP contribution < -0.4 is 15.5 Å². The molecular formula is C20H21FN6O2. The van der Waals surface area contributed by atoms with Gasteiger partial charge < -0.3 is 10.1 Å². The molecule has 0 radical (unpaired) electrons. The fourth-order valence-electron chi connectivity index (χ4n) is 3.67. The van der Waals surface area contributed by atoms with Crippen LogP contribution in [0.1, 0.15) is 43.6 Å². The van der Waals surface area contributed by atoms with E-state index in [9.17, 15) is 4.39 Å². The van der Waals surface area contributed by atoms with E-state index in [1.54, 1.807) is 29.0 Å². The molecule has 8 nitrogen and oxygen atoms in total. The third-order valence-corrected chi connectivity index (χ3v) is 5.02. The van der Waals surface area contributed by atoms with Gasteiger partial charge >= 0.3 is 0 Å². The summed E-state index contributed by atoms with van der Waals surface area (Å²) in [5.74, 6) is 0.726. The van der Waals surface area contributed by atoms with E-state index >= 15 is 0 Å². The molecule has 150 valence electrons. The van der Waals surface area contributed by atoms with Gasteiger partial charge in [-0.25, -0.2) is 24.2 Å². The van der Waals surface area contributed by atoms with Crippen molar-refractivity contribution in [2.24, 2.45) is 4.99 Å². The number of amidine groups is 1. The number of aromatic nitrogens is 3. The van der Waals surface area contributed by atoms with Crippen LogP contribution in [-0.4, -0.2) is 32.7 Å². The van der Waals surface area contributed by atoms with Gasteiger partial charge in [-0.1, -0.05) is 0 Å². The third-order valence-electron chi connectivity index (χ3n) is 5.02. The Balaban J connectivity index is 1.47. The molecule has 2 aliphatic heterocycles. The molecule has 2 aliphatic rings. The van der Waals surface area contributed by atoms with Crippen LogP contribution in [0.5, 0.6) is 5.88 Å². The molecule has 2 aromatic heterocycles. The van der Waals surface area contributed by atoms with Gasteiger partial charge in [-0.3, -0.25) is 0 Å². The first-order chi connectivity index (χ1) is 13.9. The van der Waals surface area contributed by atoms with Crippen LogP contribution in [0, 0.1) is 5.82 Å². The number of hydroxylamine groups is 1. The Kier molecular flexibility index (Phi) is 3.95. The molecule has 0 spiro atoms. The lowest BCUT2D eigenvalue weighted by atomic mass is 10.0. The van der Waals surface area contributed by atoms with Gasteiger partial charge in [0.25, 0.3) is 0 Å². The molecule has 4 heterocycles. The fourth-order valence-corrected chi connectivity index (χ4v) is 3.67. The molecule has 3 aromatic rings. The Morgan fingerprint density at radius 3 is 3.00 bits per heavy atom. The van der Waals surface area contributed by atoms with E-state index in [0.29, 0.717) is 22.9 Å². The first kappa shape index (κ1) is 17.9. The molecule has 0 amide bonds. The van der Waals surface area contributed by atoms with E-state index in [2.05, 4.69) is 25.9 Å². The Morgan fingerprint density at radius 2 is 2.21 bits per heavy atom. The lowest BCUT2D eigenvalue weighted by Gasteiger charge is -2.18. The van der Waals surface area contributed by atoms with Crippen LogP contribution in [0.2, 0.25) is 0 Å². The summed E-state index contributed by atoms with van der Waals surface area (Å²) in [6.45, 7) is 6.40. The van der Waals surface area contributed by atoms with E-state index in [4.69, 9.17) is 9.57 Å². The molecule has 0 fully saturated rings. The van der Waals surface area contributed by atoms with E-state index in [-0.39, 0.29) is 11.9 Å². The quantitative estimate of drug-likeness (QED) is 0.705. The molecular weight excluding hydrogens is 375 g/mol. The minimum Gasteiger partial charge on any atom is -0.470 e. The first-order valence-corrected chi connectivity index (χ1v) is 9.51. The van der Waals surface area contributed by atoms with Gasteiger partial charge in [-0.2, -0.15) is 10.1 Å². The van der Waals surface area contributed by atoms with Crippen molar-refractivity contribution in [3.8, 4) is 5.88 Å². The van der Waals surface area contributed by atoms with Crippen LogP contribution in [-0.2, 0) is 11.3 Å². The predicted molar refractivity (Wildman–Crippen MR) is 105 cm³/mol. The van der Waals surface area contributed by atoms with Gasteiger partial charge in [-0.05, 0) is 44.9 Å². The maximum Gasteiger partial charge on any atom is 0.217 e. The maximum absolute atomic E-state index is 14.0. The molecule has 2 N–H and O–H groups in total. The minimum atomic E-state index is -0.656. The normalized spacial score (nSPS) is 18.1. The van der Waals surface area contributed by atoms with Crippen LogP contribution in [0.25, 0.3) is 5.65 Å². The highest BCUT2D eigenvalue weighted by atomic mass is 19.1. The second kappa shape index (κ2) is 6.41. The van der Waals surface area contributed by atoms with E-state index in [1.165, 1.54) is 6.07 Å². The van der Waals surface area contributed by atoms with E-state index < -0.39 is 5.72 Å². The van der Waals surface area contributed by atoms with Gasteiger partial charge in [0.05, 0.1) is 11.8 Å². The van der Waals surface area contributed by atoms with Crippen molar-refractivity contribution in [3.63, 3.8) is 0 Å². The summed E-state index contributed by atoms with van der Waals surface area (Å²) in [4.78, 5) is 14.5. The molecule has 1 atom stereocenters. The summed E-state index contributed by atoms with van der Waals surface area (Å²) in [7, 11) is 0. The molecule has 0 bridgehead atoms. The number of benzene rings is 1. The monoisotopic (exact) mass is 396 g/mol. The molecule has 29 heavy (non-hydrogen) atoms. The Morgan fingerprint density at radius 1 is 1.34 bits per heavy atom. The zero-order valence-corrected chi connectivity index (χ0v) is 16.4. The summed E-state index contributed by atoms with van der Waals surface area (Å²) in [6, 6.07) is 4.83. The number of nitrogens with zero attached hydrogens (tertiary/aromatic N) is 4. The number of anilines is 1. The number of rotatable bonds is 4. The Bertz CT molecular complexity index is 1140. The highest BCUT2D eigenvalue weighted by Gasteiger charge is 2.28. The molecule has 0 unspecified atom stereocenters. The first-order valence-electron chi connectivity index (χ1n) is 9.51. The summed E-state index contributed by atoms with van der Waals surface area (Å²) in [5, 5.41) is 7.63. The lowest BCUT2D eigenvalue weighted by molar-refractivity contribution is -0.0269. The molecule has 1 aromatic carbocycles. The highest BCUT2D eigenvalue weighted by Crippen LogP contribution is 2.34. The van der Waals surface area contributed by atoms with Crippen LogP contribution >= 0.6 is 0 Å². The topological polar surface area (TPSA) is 85.1 Å². The molecule has 0 saturated carbocycles. The van der Waals surface area contributed by atoms with Crippen molar-refractivity contribution in [1.82, 2.24) is 20.1 Å². The predicted octanol–water partition coefficient (Wildman–Crippen LogP) is 2.99. The van der Waals surface area contributed by atoms with Crippen molar-refractivity contribution >= 4 is 17.2 Å². The second-order valence-corrected chi connectivity index (χ2v) is 7.67. The molecule has 0 saturated heterocycles. The fraction of sp³-hybridized carbons (Fsp3) is 0.350. The van der Waals surface area contributed by atoms with Crippen molar-refractivity contribution in [1.29, 1.82) is 0 Å². The number of fused-ring (bicyclic) bond motifs is 2. The van der Waals surface area contributed by atoms with Gasteiger partial charge in [0.15, 0.2) is 17.2 Å². The standard InChI is InChI=1S/C20H21FN6O2/c1-11(14-9-13(21)8-12-4-6-22-17(12)14)28-16-5-7-27-19(24-16)15(10-23-27)18-25-20(2,3)29-26-18/h5,7-11,22H,4,6H2,1-3H3,(H,25,26)/t11-/m1/s1. The van der Waals surface area contributed by atoms with Crippen molar-refractivity contribution in [2.45, 2.75) is 39.0 Å². The number of halogens is 1. The Labute approximate surface area is 166 Å². The summed E-state index contributed by atoms with van der Waals surface area (Å²) in [6.07, 6.45) is 3.87. The van der Waals surface area contributed by atoms with Crippen LogP contribution in [0.4, 0.5) is 10.1 Å². The third kappa shape index (κ3) is 3.17. The number of aliphatic imine (C=N–C) groups is 1. The Hall–Kier alpha value is -3.20. The average Bonchev–Trinajstić information content (AvgIpc) is 3.38. The van der Waals surface area contributed by atoms with Crippen molar-refractivity contribution in [2.75, 3.05) is 11.9 Å². The van der Waals surface area contributed by atoms with Crippen LogP contribution in [0.15, 0.2) is 35.6 Å². The molecule has 5 rings (SSSR count). The number of hydrogen-bond donors (Lipinski definition) is 2.